The van der Waals surface area contributed by atoms with Crippen LogP contribution in [0.25, 0.3) is 11.2 Å². The van der Waals surface area contributed by atoms with E-state index in [1.807, 2.05) is 23.6 Å². The van der Waals surface area contributed by atoms with E-state index in [4.69, 9.17) is 4.98 Å². The van der Waals surface area contributed by atoms with E-state index in [9.17, 15) is 9.59 Å². The van der Waals surface area contributed by atoms with Gasteiger partial charge in [0.2, 0.25) is 0 Å². The molecule has 0 saturated carbocycles. The number of hydrogen-bond donors (Lipinski definition) is 1. The lowest BCUT2D eigenvalue weighted by molar-refractivity contribution is 0.613. The number of aromatic nitrogens is 4. The molecule has 2 heterocycles. The SMILES string of the molecule is CCCCn1c(=O)[nH]c(=O)c2c1nc(CN(CC)c1ccccc1C)n2CC. The van der Waals surface area contributed by atoms with Crippen LogP contribution in [0.4, 0.5) is 5.69 Å². The van der Waals surface area contributed by atoms with E-state index >= 15 is 0 Å². The number of hydrogen-bond acceptors (Lipinski definition) is 4. The molecule has 0 amide bonds. The summed E-state index contributed by atoms with van der Waals surface area (Å²) in [6.45, 7) is 10.8. The normalized spacial score (nSPS) is 11.3. The van der Waals surface area contributed by atoms with Crippen molar-refractivity contribution in [2.24, 2.45) is 0 Å². The zero-order chi connectivity index (χ0) is 20.3. The van der Waals surface area contributed by atoms with Gasteiger partial charge >= 0.3 is 5.69 Å². The average molecular weight is 383 g/mol. The van der Waals surface area contributed by atoms with E-state index in [0.717, 1.165) is 30.9 Å². The Morgan fingerprint density at radius 3 is 2.50 bits per heavy atom. The van der Waals surface area contributed by atoms with E-state index in [1.165, 1.54) is 5.56 Å². The molecule has 0 aliphatic rings. The molecule has 0 bridgehead atoms. The first-order chi connectivity index (χ1) is 13.5. The number of rotatable bonds is 8. The first-order valence-corrected chi connectivity index (χ1v) is 10.0. The second-order valence-electron chi connectivity index (χ2n) is 7.01. The lowest BCUT2D eigenvalue weighted by Crippen LogP contribution is -2.31. The van der Waals surface area contributed by atoms with Crippen LogP contribution in [-0.4, -0.2) is 25.6 Å². The fourth-order valence-corrected chi connectivity index (χ4v) is 3.66. The summed E-state index contributed by atoms with van der Waals surface area (Å²) in [4.78, 5) is 34.4. The minimum Gasteiger partial charge on any atom is -0.364 e. The van der Waals surface area contributed by atoms with Gasteiger partial charge in [-0.3, -0.25) is 14.3 Å². The second-order valence-corrected chi connectivity index (χ2v) is 7.01. The Balaban J connectivity index is 2.13. The molecule has 0 aliphatic carbocycles. The number of H-pyrrole nitrogens is 1. The van der Waals surface area contributed by atoms with Gasteiger partial charge in [0.05, 0.1) is 6.54 Å². The van der Waals surface area contributed by atoms with Crippen LogP contribution >= 0.6 is 0 Å². The van der Waals surface area contributed by atoms with E-state index < -0.39 is 0 Å². The molecule has 0 unspecified atom stereocenters. The van der Waals surface area contributed by atoms with Crippen LogP contribution in [0.3, 0.4) is 0 Å². The Morgan fingerprint density at radius 2 is 1.86 bits per heavy atom. The second kappa shape index (κ2) is 8.46. The zero-order valence-electron chi connectivity index (χ0n) is 17.2. The van der Waals surface area contributed by atoms with Gasteiger partial charge < -0.3 is 9.47 Å². The number of para-hydroxylation sites is 1. The summed E-state index contributed by atoms with van der Waals surface area (Å²) in [6.07, 6.45) is 1.82. The van der Waals surface area contributed by atoms with Crippen molar-refractivity contribution >= 4 is 16.9 Å². The lowest BCUT2D eigenvalue weighted by atomic mass is 10.2. The van der Waals surface area contributed by atoms with Crippen LogP contribution in [0.1, 0.15) is 45.0 Å². The molecule has 3 aromatic rings. The number of unbranched alkanes of at least 4 members (excludes halogenated alkanes) is 1. The van der Waals surface area contributed by atoms with Gasteiger partial charge in [-0.1, -0.05) is 31.5 Å². The molecule has 0 saturated heterocycles. The predicted octanol–water partition coefficient (Wildman–Crippen LogP) is 3.04. The topological polar surface area (TPSA) is 75.9 Å². The van der Waals surface area contributed by atoms with Gasteiger partial charge in [-0.15, -0.1) is 0 Å². The number of nitrogens with zero attached hydrogens (tertiary/aromatic N) is 4. The molecule has 150 valence electrons. The van der Waals surface area contributed by atoms with Crippen molar-refractivity contribution in [3.8, 4) is 0 Å². The van der Waals surface area contributed by atoms with E-state index in [1.54, 1.807) is 4.57 Å². The third-order valence-electron chi connectivity index (χ3n) is 5.19. The number of benzene rings is 1. The van der Waals surface area contributed by atoms with Crippen molar-refractivity contribution in [3.05, 3.63) is 56.5 Å². The molecular weight excluding hydrogens is 354 g/mol. The Kier molecular flexibility index (Phi) is 6.02. The highest BCUT2D eigenvalue weighted by Crippen LogP contribution is 2.22. The molecule has 1 N–H and O–H groups in total. The third-order valence-corrected chi connectivity index (χ3v) is 5.19. The molecule has 0 aliphatic heterocycles. The predicted molar refractivity (Wildman–Crippen MR) is 113 cm³/mol. The Labute approximate surface area is 164 Å². The van der Waals surface area contributed by atoms with Gasteiger partial charge in [-0.25, -0.2) is 9.78 Å². The fourth-order valence-electron chi connectivity index (χ4n) is 3.66. The Hall–Kier alpha value is -2.83. The highest BCUT2D eigenvalue weighted by Gasteiger charge is 2.19. The monoisotopic (exact) mass is 383 g/mol. The largest absolute Gasteiger partial charge is 0.364 e. The van der Waals surface area contributed by atoms with Gasteiger partial charge in [0.1, 0.15) is 5.82 Å². The summed E-state index contributed by atoms with van der Waals surface area (Å²) in [7, 11) is 0. The molecular formula is C21H29N5O2. The molecule has 0 spiro atoms. The molecule has 28 heavy (non-hydrogen) atoms. The zero-order valence-corrected chi connectivity index (χ0v) is 17.2. The maximum atomic E-state index is 12.6. The van der Waals surface area contributed by atoms with Gasteiger partial charge in [-0.05, 0) is 38.8 Å². The maximum Gasteiger partial charge on any atom is 0.330 e. The van der Waals surface area contributed by atoms with Crippen LogP contribution in [-0.2, 0) is 19.6 Å². The van der Waals surface area contributed by atoms with Crippen LogP contribution in [0.5, 0.6) is 0 Å². The van der Waals surface area contributed by atoms with Crippen LogP contribution in [0, 0.1) is 6.92 Å². The number of fused-ring (bicyclic) bond motifs is 1. The van der Waals surface area contributed by atoms with Crippen molar-refractivity contribution in [2.75, 3.05) is 11.4 Å². The number of nitrogens with one attached hydrogen (secondary N) is 1. The van der Waals surface area contributed by atoms with Gasteiger partial charge in [0, 0.05) is 25.3 Å². The van der Waals surface area contributed by atoms with Crippen LogP contribution in [0.2, 0.25) is 0 Å². The first kappa shape index (κ1) is 19.9. The molecule has 7 nitrogen and oxygen atoms in total. The smallest absolute Gasteiger partial charge is 0.330 e. The minimum atomic E-state index is -0.385. The standard InChI is InChI=1S/C21H29N5O2/c1-5-8-13-26-19-18(20(27)23-21(26)28)25(7-3)17(22-19)14-24(6-2)16-12-10-9-11-15(16)4/h9-12H,5-8,13-14H2,1-4H3,(H,23,27,28). The quantitative estimate of drug-likeness (QED) is 0.649. The van der Waals surface area contributed by atoms with E-state index in [2.05, 4.69) is 42.8 Å². The molecule has 2 aromatic heterocycles. The summed E-state index contributed by atoms with van der Waals surface area (Å²) in [5.41, 5.74) is 2.56. The van der Waals surface area contributed by atoms with Gasteiger partial charge in [0.25, 0.3) is 5.56 Å². The summed E-state index contributed by atoms with van der Waals surface area (Å²) in [5.74, 6) is 0.795. The summed E-state index contributed by atoms with van der Waals surface area (Å²) in [6, 6.07) is 8.25. The lowest BCUT2D eigenvalue weighted by Gasteiger charge is -2.24. The highest BCUT2D eigenvalue weighted by molar-refractivity contribution is 5.71. The van der Waals surface area contributed by atoms with Crippen LogP contribution < -0.4 is 16.1 Å². The maximum absolute atomic E-state index is 12.6. The van der Waals surface area contributed by atoms with Gasteiger partial charge in [-0.2, -0.15) is 0 Å². The van der Waals surface area contributed by atoms with Gasteiger partial charge in [0.15, 0.2) is 11.2 Å². The van der Waals surface area contributed by atoms with Crippen molar-refractivity contribution in [3.63, 3.8) is 0 Å². The fraction of sp³-hybridized carbons (Fsp3) is 0.476. The number of imidazole rings is 1. The van der Waals surface area contributed by atoms with E-state index in [-0.39, 0.29) is 11.2 Å². The molecule has 0 fully saturated rings. The summed E-state index contributed by atoms with van der Waals surface area (Å²) in [5, 5.41) is 0. The third kappa shape index (κ3) is 3.61. The molecule has 0 radical (unpaired) electrons. The molecule has 1 aromatic carbocycles. The number of anilines is 1. The highest BCUT2D eigenvalue weighted by atomic mass is 16.2. The van der Waals surface area contributed by atoms with Crippen molar-refractivity contribution in [1.29, 1.82) is 0 Å². The Morgan fingerprint density at radius 1 is 1.11 bits per heavy atom. The molecule has 3 rings (SSSR count). The summed E-state index contributed by atoms with van der Waals surface area (Å²) >= 11 is 0. The van der Waals surface area contributed by atoms with Crippen molar-refractivity contribution in [1.82, 2.24) is 19.1 Å². The number of aryl methyl sites for hydroxylation is 3. The van der Waals surface area contributed by atoms with Crippen molar-refractivity contribution in [2.45, 2.75) is 60.2 Å². The average Bonchev–Trinajstić information content (AvgIpc) is 3.05. The first-order valence-electron chi connectivity index (χ1n) is 10.0. The molecule has 7 heteroatoms. The summed E-state index contributed by atoms with van der Waals surface area (Å²) < 4.78 is 3.52. The molecule has 0 atom stereocenters. The van der Waals surface area contributed by atoms with Crippen LogP contribution in [0.15, 0.2) is 33.9 Å². The van der Waals surface area contributed by atoms with E-state index in [0.29, 0.717) is 30.8 Å². The minimum absolute atomic E-state index is 0.368. The Bertz CT molecular complexity index is 1080. The van der Waals surface area contributed by atoms with Crippen molar-refractivity contribution < 1.29 is 0 Å². The number of aromatic amines is 1.